The van der Waals surface area contributed by atoms with E-state index in [-0.39, 0.29) is 0 Å². The van der Waals surface area contributed by atoms with E-state index in [0.29, 0.717) is 18.7 Å². The van der Waals surface area contributed by atoms with Gasteiger partial charge in [0.15, 0.2) is 0 Å². The van der Waals surface area contributed by atoms with E-state index in [0.717, 1.165) is 13.1 Å². The molecule has 0 atom stereocenters. The molecule has 0 aliphatic rings. The van der Waals surface area contributed by atoms with Gasteiger partial charge in [-0.25, -0.2) is 4.79 Å². The van der Waals surface area contributed by atoms with Crippen LogP contribution in [0.15, 0.2) is 11.8 Å². The van der Waals surface area contributed by atoms with Crippen LogP contribution >= 0.6 is 0 Å². The molecule has 0 heterocycles. The summed E-state index contributed by atoms with van der Waals surface area (Å²) in [4.78, 5) is 10.3. The summed E-state index contributed by atoms with van der Waals surface area (Å²) in [5.41, 5.74) is 5.56. The second kappa shape index (κ2) is 7.57. The van der Waals surface area contributed by atoms with E-state index in [1.165, 1.54) is 6.20 Å². The van der Waals surface area contributed by atoms with Gasteiger partial charge in [0.25, 0.3) is 0 Å². The maximum Gasteiger partial charge on any atom is 0.332 e. The van der Waals surface area contributed by atoms with Crippen molar-refractivity contribution in [2.45, 2.75) is 6.92 Å². The molecule has 5 heteroatoms. The van der Waals surface area contributed by atoms with Crippen molar-refractivity contribution in [3.05, 3.63) is 11.8 Å². The van der Waals surface area contributed by atoms with Gasteiger partial charge in [-0.3, -0.25) is 0 Å². The summed E-state index contributed by atoms with van der Waals surface area (Å²) < 4.78 is 0. The van der Waals surface area contributed by atoms with Gasteiger partial charge in [-0.05, 0) is 6.92 Å². The van der Waals surface area contributed by atoms with Crippen LogP contribution in [0.4, 0.5) is 0 Å². The first-order valence-corrected chi connectivity index (χ1v) is 4.22. The van der Waals surface area contributed by atoms with Gasteiger partial charge in [0.1, 0.15) is 0 Å². The van der Waals surface area contributed by atoms with Gasteiger partial charge in [0, 0.05) is 38.0 Å². The minimum atomic E-state index is -0.901. The third kappa shape index (κ3) is 7.30. The van der Waals surface area contributed by atoms with Gasteiger partial charge in [-0.2, -0.15) is 0 Å². The Labute approximate surface area is 78.0 Å². The van der Waals surface area contributed by atoms with E-state index in [2.05, 4.69) is 10.6 Å². The van der Waals surface area contributed by atoms with Gasteiger partial charge >= 0.3 is 5.97 Å². The zero-order valence-electron chi connectivity index (χ0n) is 7.84. The topological polar surface area (TPSA) is 87.4 Å². The van der Waals surface area contributed by atoms with Gasteiger partial charge in [0.05, 0.1) is 0 Å². The lowest BCUT2D eigenvalue weighted by Crippen LogP contribution is -2.29. The van der Waals surface area contributed by atoms with E-state index in [1.54, 1.807) is 6.92 Å². The molecule has 5 nitrogen and oxygen atoms in total. The summed E-state index contributed by atoms with van der Waals surface area (Å²) in [6.07, 6.45) is 1.49. The first-order chi connectivity index (χ1) is 6.18. The fraction of sp³-hybridized carbons (Fsp3) is 0.625. The van der Waals surface area contributed by atoms with Crippen molar-refractivity contribution in [3.63, 3.8) is 0 Å². The first kappa shape index (κ1) is 11.9. The third-order valence-electron chi connectivity index (χ3n) is 1.42. The van der Waals surface area contributed by atoms with Crippen LogP contribution in [-0.4, -0.2) is 37.3 Å². The smallest absolute Gasteiger partial charge is 0.332 e. The molecular formula is C8H17N3O2. The van der Waals surface area contributed by atoms with E-state index < -0.39 is 5.97 Å². The van der Waals surface area contributed by atoms with E-state index in [9.17, 15) is 4.79 Å². The standard InChI is InChI=1S/C8H17N3O2/c1-7(8(12)13)6-11-5-4-10-3-2-9/h6,10-11H,2-5,9H2,1H3,(H,12,13). The van der Waals surface area contributed by atoms with Crippen LogP contribution in [0, 0.1) is 0 Å². The number of hydrogen-bond donors (Lipinski definition) is 4. The zero-order chi connectivity index (χ0) is 10.1. The molecule has 0 saturated heterocycles. The molecule has 0 aliphatic carbocycles. The number of carboxylic acid groups (broad SMARTS) is 1. The summed E-state index contributed by atoms with van der Waals surface area (Å²) in [5.74, 6) is -0.901. The average molecular weight is 187 g/mol. The van der Waals surface area contributed by atoms with Gasteiger partial charge in [-0.1, -0.05) is 0 Å². The number of carboxylic acids is 1. The van der Waals surface area contributed by atoms with Gasteiger partial charge in [-0.15, -0.1) is 0 Å². The Bertz CT molecular complexity index is 180. The molecule has 0 aromatic carbocycles. The molecule has 0 aliphatic heterocycles. The van der Waals surface area contributed by atoms with Crippen LogP contribution in [0.1, 0.15) is 6.92 Å². The average Bonchev–Trinajstić information content (AvgIpc) is 2.10. The van der Waals surface area contributed by atoms with E-state index in [1.807, 2.05) is 0 Å². The molecule has 0 spiro atoms. The summed E-state index contributed by atoms with van der Waals surface area (Å²) in [7, 11) is 0. The highest BCUT2D eigenvalue weighted by molar-refractivity contribution is 5.85. The van der Waals surface area contributed by atoms with E-state index >= 15 is 0 Å². The van der Waals surface area contributed by atoms with Crippen molar-refractivity contribution in [1.82, 2.24) is 10.6 Å². The Morgan fingerprint density at radius 2 is 2.15 bits per heavy atom. The highest BCUT2D eigenvalue weighted by Crippen LogP contribution is 1.87. The summed E-state index contributed by atoms with van der Waals surface area (Å²) in [5, 5.41) is 14.4. The SMILES string of the molecule is CC(=CNCCNCCN)C(=O)O. The van der Waals surface area contributed by atoms with Crippen molar-refractivity contribution in [2.24, 2.45) is 5.73 Å². The molecule has 0 radical (unpaired) electrons. The number of aliphatic carboxylic acids is 1. The predicted molar refractivity (Wildman–Crippen MR) is 51.3 cm³/mol. The molecule has 5 N–H and O–H groups in total. The highest BCUT2D eigenvalue weighted by atomic mass is 16.4. The maximum atomic E-state index is 10.3. The molecule has 13 heavy (non-hydrogen) atoms. The summed E-state index contributed by atoms with van der Waals surface area (Å²) >= 11 is 0. The fourth-order valence-electron chi connectivity index (χ4n) is 0.675. The fourth-order valence-corrected chi connectivity index (χ4v) is 0.675. The Kier molecular flexibility index (Phi) is 6.95. The minimum Gasteiger partial charge on any atom is -0.478 e. The third-order valence-corrected chi connectivity index (χ3v) is 1.42. The number of nitrogens with one attached hydrogen (secondary N) is 2. The number of hydrogen-bond acceptors (Lipinski definition) is 4. The lowest BCUT2D eigenvalue weighted by atomic mass is 10.3. The van der Waals surface area contributed by atoms with Crippen molar-refractivity contribution in [2.75, 3.05) is 26.2 Å². The molecule has 0 bridgehead atoms. The molecule has 0 fully saturated rings. The Morgan fingerprint density at radius 1 is 1.46 bits per heavy atom. The normalized spacial score (nSPS) is 11.4. The number of nitrogens with two attached hydrogens (primary N) is 1. The summed E-state index contributed by atoms with van der Waals surface area (Å²) in [6, 6.07) is 0. The van der Waals surface area contributed by atoms with Crippen LogP contribution in [-0.2, 0) is 4.79 Å². The van der Waals surface area contributed by atoms with Crippen molar-refractivity contribution in [3.8, 4) is 0 Å². The van der Waals surface area contributed by atoms with Crippen LogP contribution in [0.3, 0.4) is 0 Å². The maximum absolute atomic E-state index is 10.3. The Morgan fingerprint density at radius 3 is 2.69 bits per heavy atom. The molecule has 0 aromatic rings. The van der Waals surface area contributed by atoms with E-state index in [4.69, 9.17) is 10.8 Å². The zero-order valence-corrected chi connectivity index (χ0v) is 7.84. The van der Waals surface area contributed by atoms with Crippen LogP contribution in [0.5, 0.6) is 0 Å². The minimum absolute atomic E-state index is 0.304. The lowest BCUT2D eigenvalue weighted by Gasteiger charge is -2.02. The molecule has 0 unspecified atom stereocenters. The quantitative estimate of drug-likeness (QED) is 0.307. The first-order valence-electron chi connectivity index (χ1n) is 4.22. The second-order valence-electron chi connectivity index (χ2n) is 2.63. The molecular weight excluding hydrogens is 170 g/mol. The highest BCUT2D eigenvalue weighted by Gasteiger charge is 1.96. The molecule has 0 saturated carbocycles. The summed E-state index contributed by atoms with van der Waals surface area (Å²) in [6.45, 7) is 4.42. The largest absolute Gasteiger partial charge is 0.478 e. The van der Waals surface area contributed by atoms with Crippen LogP contribution < -0.4 is 16.4 Å². The van der Waals surface area contributed by atoms with Gasteiger partial charge < -0.3 is 21.5 Å². The van der Waals surface area contributed by atoms with Crippen molar-refractivity contribution < 1.29 is 9.90 Å². The molecule has 0 rings (SSSR count). The Balaban J connectivity index is 3.34. The number of carbonyl (C=O) groups is 1. The van der Waals surface area contributed by atoms with Gasteiger partial charge in [0.2, 0.25) is 0 Å². The molecule has 0 amide bonds. The molecule has 76 valence electrons. The number of rotatable bonds is 7. The van der Waals surface area contributed by atoms with Crippen LogP contribution in [0.2, 0.25) is 0 Å². The monoisotopic (exact) mass is 187 g/mol. The van der Waals surface area contributed by atoms with Crippen molar-refractivity contribution >= 4 is 5.97 Å². The lowest BCUT2D eigenvalue weighted by molar-refractivity contribution is -0.132. The van der Waals surface area contributed by atoms with Crippen LogP contribution in [0.25, 0.3) is 0 Å². The predicted octanol–water partition coefficient (Wildman–Crippen LogP) is -0.887. The second-order valence-corrected chi connectivity index (χ2v) is 2.63. The van der Waals surface area contributed by atoms with Crippen molar-refractivity contribution in [1.29, 1.82) is 0 Å². The Hall–Kier alpha value is -1.07. The molecule has 0 aromatic heterocycles.